The number of amides is 8. The van der Waals surface area contributed by atoms with Crippen molar-refractivity contribution in [3.63, 3.8) is 0 Å². The molecule has 0 spiro atoms. The Bertz CT molecular complexity index is 2290. The molecule has 0 saturated heterocycles. The number of fused-ring (bicyclic) bond motifs is 5. The molecule has 394 valence electrons. The molecule has 8 amide bonds. The molecule has 22 heteroatoms. The second-order valence-electron chi connectivity index (χ2n) is 18.2. The number of aliphatic hydroxyl groups excluding tert-OH is 1. The molecule has 2 aromatic carbocycles. The molecule has 4 bridgehead atoms. The average Bonchev–Trinajstić information content (AvgIpc) is 3.31. The van der Waals surface area contributed by atoms with Crippen LogP contribution in [0.3, 0.4) is 0 Å². The normalized spacial score (nSPS) is 16.7. The van der Waals surface area contributed by atoms with Crippen LogP contribution in [0.4, 0.5) is 0 Å². The van der Waals surface area contributed by atoms with Crippen LogP contribution in [0, 0.1) is 0 Å². The number of carbonyl (C=O) groups is 8. The van der Waals surface area contributed by atoms with Crippen molar-refractivity contribution in [2.24, 2.45) is 0 Å². The Morgan fingerprint density at radius 1 is 0.746 bits per heavy atom. The van der Waals surface area contributed by atoms with Crippen molar-refractivity contribution >= 4 is 57.3 Å². The van der Waals surface area contributed by atoms with E-state index < -0.39 is 101 Å². The van der Waals surface area contributed by atoms with Crippen molar-refractivity contribution in [1.82, 2.24) is 41.1 Å². The zero-order chi connectivity index (χ0) is 52.8. The summed E-state index contributed by atoms with van der Waals surface area (Å²) in [6.07, 6.45) is 15.6. The molecule has 1 heterocycles. The fourth-order valence-electron chi connectivity index (χ4n) is 8.03. The number of hydrogen-bond donors (Lipinski definition) is 9. The van der Waals surface area contributed by atoms with Gasteiger partial charge in [-0.15, -0.1) is 0 Å². The van der Waals surface area contributed by atoms with E-state index in [1.165, 1.54) is 116 Å². The summed E-state index contributed by atoms with van der Waals surface area (Å²) in [5.74, 6) is -7.17. The lowest BCUT2D eigenvalue weighted by molar-refractivity contribution is -0.142. The van der Waals surface area contributed by atoms with E-state index in [4.69, 9.17) is 0 Å². The molecule has 1 aliphatic heterocycles. The van der Waals surface area contributed by atoms with Gasteiger partial charge in [-0.1, -0.05) is 96.1 Å². The predicted octanol–water partition coefficient (Wildman–Crippen LogP) is 1.92. The van der Waals surface area contributed by atoms with E-state index in [1.54, 1.807) is 4.72 Å². The highest BCUT2D eigenvalue weighted by Crippen LogP contribution is 2.38. The van der Waals surface area contributed by atoms with Gasteiger partial charge in [-0.25, -0.2) is 8.42 Å². The van der Waals surface area contributed by atoms with E-state index in [-0.39, 0.29) is 46.9 Å². The van der Waals surface area contributed by atoms with Gasteiger partial charge in [0.1, 0.15) is 41.7 Å². The number of nitrogens with zero attached hydrogens (tertiary/aromatic N) is 2. The number of sulfonamides is 1. The van der Waals surface area contributed by atoms with Gasteiger partial charge in [-0.05, 0) is 55.7 Å². The number of nitrogens with one attached hydrogen (secondary N) is 6. The van der Waals surface area contributed by atoms with Gasteiger partial charge in [0.25, 0.3) is 5.91 Å². The molecule has 21 nitrogen and oxygen atoms in total. The first-order valence-electron chi connectivity index (χ1n) is 24.3. The van der Waals surface area contributed by atoms with Crippen molar-refractivity contribution in [2.75, 3.05) is 40.0 Å². The van der Waals surface area contributed by atoms with E-state index in [9.17, 15) is 62.1 Å². The van der Waals surface area contributed by atoms with E-state index in [1.807, 2.05) is 0 Å². The Hall–Kier alpha value is -6.29. The molecule has 0 saturated carbocycles. The van der Waals surface area contributed by atoms with Crippen molar-refractivity contribution in [1.29, 1.82) is 0 Å². The predicted molar refractivity (Wildman–Crippen MR) is 265 cm³/mol. The molecule has 0 aromatic heterocycles. The van der Waals surface area contributed by atoms with E-state index >= 15 is 0 Å². The molecule has 1 aliphatic rings. The Kier molecular flexibility index (Phi) is 24.2. The zero-order valence-corrected chi connectivity index (χ0v) is 42.6. The second kappa shape index (κ2) is 29.1. The molecule has 0 unspecified atom stereocenters. The third-order valence-electron chi connectivity index (χ3n) is 12.3. The maximum atomic E-state index is 14.1. The average molecular weight is 1020 g/mol. The fourth-order valence-corrected chi connectivity index (χ4v) is 8.52. The maximum absolute atomic E-state index is 14.1. The lowest BCUT2D eigenvalue weighted by Gasteiger charge is -2.30. The topological polar surface area (TPSA) is 310 Å². The van der Waals surface area contributed by atoms with Crippen LogP contribution in [0.25, 0.3) is 11.1 Å². The highest BCUT2D eigenvalue weighted by Gasteiger charge is 2.34. The summed E-state index contributed by atoms with van der Waals surface area (Å²) in [7, 11) is -1.29. The number of aromatic hydroxyl groups is 2. The molecule has 2 aromatic rings. The SMILES string of the molecule is CCCCCCCCCCCCCCCC(=O)N(C)[C@H](CO)C(=O)N[C@H](C)C(=O)NCC(=O)N(C)[C@@H]1C(=O)N[C@@H](C)C(=O)N[C@H](C(=O)NCC(=O)NS(C)(=O)=O)Cc2ccc(O)c(c2)-c2cc1ccc2O. The van der Waals surface area contributed by atoms with E-state index in [0.717, 1.165) is 41.7 Å². The maximum Gasteiger partial charge on any atom is 0.252 e. The first-order valence-corrected chi connectivity index (χ1v) is 26.2. The van der Waals surface area contributed by atoms with Gasteiger partial charge in [-0.3, -0.25) is 43.1 Å². The van der Waals surface area contributed by atoms with Crippen molar-refractivity contribution in [3.05, 3.63) is 47.5 Å². The molecule has 9 N–H and O–H groups in total. The van der Waals surface area contributed by atoms with Crippen molar-refractivity contribution < 1.29 is 62.1 Å². The second-order valence-corrected chi connectivity index (χ2v) is 19.9. The number of aliphatic hydroxyl groups is 1. The van der Waals surface area contributed by atoms with Crippen LogP contribution in [0.5, 0.6) is 11.5 Å². The Morgan fingerprint density at radius 2 is 1.31 bits per heavy atom. The largest absolute Gasteiger partial charge is 0.507 e. The zero-order valence-electron chi connectivity index (χ0n) is 41.8. The smallest absolute Gasteiger partial charge is 0.252 e. The molecule has 0 aliphatic carbocycles. The number of rotatable bonds is 26. The summed E-state index contributed by atoms with van der Waals surface area (Å²) in [5.41, 5.74) is 0.518. The van der Waals surface area contributed by atoms with Crippen LogP contribution in [0.15, 0.2) is 36.4 Å². The molecular formula is C49H74N8O13S. The van der Waals surface area contributed by atoms with Gasteiger partial charge in [0.15, 0.2) is 0 Å². The summed E-state index contributed by atoms with van der Waals surface area (Å²) in [6.45, 7) is 2.69. The summed E-state index contributed by atoms with van der Waals surface area (Å²) < 4.78 is 24.7. The third-order valence-corrected chi connectivity index (χ3v) is 12.9. The Balaban J connectivity index is 1.66. The van der Waals surface area contributed by atoms with Crippen LogP contribution in [-0.4, -0.2) is 145 Å². The Morgan fingerprint density at radius 3 is 1.89 bits per heavy atom. The lowest BCUT2D eigenvalue weighted by atomic mass is 9.93. The van der Waals surface area contributed by atoms with Gasteiger partial charge in [0.2, 0.25) is 51.4 Å². The third kappa shape index (κ3) is 19.4. The Labute approximate surface area is 416 Å². The minimum atomic E-state index is -3.94. The molecule has 3 rings (SSSR count). The molecular weight excluding hydrogens is 941 g/mol. The van der Waals surface area contributed by atoms with Crippen LogP contribution in [-0.2, 0) is 54.8 Å². The monoisotopic (exact) mass is 1010 g/mol. The molecule has 0 fully saturated rings. The minimum absolute atomic E-state index is 0.0130. The molecule has 0 radical (unpaired) electrons. The summed E-state index contributed by atoms with van der Waals surface area (Å²) in [5, 5.41) is 44.2. The highest BCUT2D eigenvalue weighted by atomic mass is 32.2. The van der Waals surface area contributed by atoms with Crippen LogP contribution in [0.1, 0.15) is 128 Å². The first kappa shape index (κ1) is 59.0. The van der Waals surface area contributed by atoms with Gasteiger partial charge in [0, 0.05) is 38.1 Å². The molecule has 5 atom stereocenters. The van der Waals surface area contributed by atoms with Crippen molar-refractivity contribution in [2.45, 2.75) is 147 Å². The number of carbonyl (C=O) groups excluding carboxylic acids is 8. The molecule has 71 heavy (non-hydrogen) atoms. The van der Waals surface area contributed by atoms with Gasteiger partial charge in [-0.2, -0.15) is 0 Å². The number of benzene rings is 2. The summed E-state index contributed by atoms with van der Waals surface area (Å²) >= 11 is 0. The number of hydrogen-bond acceptors (Lipinski definition) is 13. The quantitative estimate of drug-likeness (QED) is 0.0610. The summed E-state index contributed by atoms with van der Waals surface area (Å²) in [4.78, 5) is 108. The van der Waals surface area contributed by atoms with Gasteiger partial charge >= 0.3 is 0 Å². The standard InChI is InChI=1S/C49H74N8O13S/c1-7-8-9-10-11-12-13-14-15-16-17-18-19-20-42(62)56(4)38(30-58)48(67)52-31(2)45(64)51-29-43(63)57(5)44-34-22-24-40(60)36(27-34)35-25-33(21-23-39(35)59)26-37(54-46(65)32(3)53-49(44)68)47(66)50-28-41(61)55-71(6,69)70/h21-25,27,31-32,37-38,44,58-60H,7-20,26,28-30H2,1-6H3,(H,50,66)(H,51,64)(H,52,67)(H,53,68)(H,54,65)(H,55,61)/t31-,32+,37+,38-,44+/m1/s1. The lowest BCUT2D eigenvalue weighted by Crippen LogP contribution is -2.56. The number of unbranched alkanes of at least 4 members (excludes halogenated alkanes) is 12. The van der Waals surface area contributed by atoms with Crippen LogP contribution in [0.2, 0.25) is 0 Å². The van der Waals surface area contributed by atoms with Gasteiger partial charge in [0.05, 0.1) is 26.0 Å². The van der Waals surface area contributed by atoms with E-state index in [0.29, 0.717) is 12.0 Å². The van der Waals surface area contributed by atoms with E-state index in [2.05, 4.69) is 33.5 Å². The van der Waals surface area contributed by atoms with Crippen LogP contribution >= 0.6 is 0 Å². The summed E-state index contributed by atoms with van der Waals surface area (Å²) in [6, 6.07) is 1.23. The highest BCUT2D eigenvalue weighted by molar-refractivity contribution is 7.89. The van der Waals surface area contributed by atoms with Crippen molar-refractivity contribution in [3.8, 4) is 22.6 Å². The number of phenolic OH excluding ortho intramolecular Hbond substituents is 2. The van der Waals surface area contributed by atoms with Gasteiger partial charge < -0.3 is 51.7 Å². The number of phenols is 2. The minimum Gasteiger partial charge on any atom is -0.507 e. The fraction of sp³-hybridized carbons (Fsp3) is 0.592. The van der Waals surface area contributed by atoms with Crippen LogP contribution < -0.4 is 31.3 Å². The number of likely N-dealkylation sites (N-methyl/N-ethyl adjacent to an activating group) is 2. The first-order chi connectivity index (χ1) is 33.6.